The smallest absolute Gasteiger partial charge is 0.393 e. The van der Waals surface area contributed by atoms with Crippen molar-refractivity contribution in [2.75, 3.05) is 13.1 Å². The monoisotopic (exact) mass is 534 g/mol. The summed E-state index contributed by atoms with van der Waals surface area (Å²) in [5.41, 5.74) is 0.729. The van der Waals surface area contributed by atoms with Gasteiger partial charge in [-0.25, -0.2) is 13.6 Å². The average Bonchev–Trinajstić information content (AvgIpc) is 3.55. The molecule has 1 amide bonds. The van der Waals surface area contributed by atoms with E-state index in [-0.39, 0.29) is 29.4 Å². The van der Waals surface area contributed by atoms with Gasteiger partial charge in [0, 0.05) is 48.8 Å². The van der Waals surface area contributed by atoms with E-state index >= 15 is 0 Å². The number of nitrogens with one attached hydrogen (secondary N) is 1. The minimum absolute atomic E-state index is 0.0183. The minimum Gasteiger partial charge on any atom is -0.393 e. The molecule has 0 atom stereocenters. The number of amides is 1. The number of fused-ring (bicyclic) bond motifs is 1. The maximum Gasteiger partial charge on any atom is 0.414 e. The molecular formula is C25H25ClF2N4O3S. The van der Waals surface area contributed by atoms with Crippen molar-refractivity contribution in [1.82, 2.24) is 19.9 Å². The van der Waals surface area contributed by atoms with Crippen LogP contribution in [0.5, 0.6) is 5.88 Å². The number of halogens is 3. The number of thiophene rings is 1. The van der Waals surface area contributed by atoms with Gasteiger partial charge in [0.2, 0.25) is 5.88 Å². The molecule has 11 heteroatoms. The average molecular weight is 535 g/mol. The number of piperidine rings is 1. The molecule has 0 spiro atoms. The lowest BCUT2D eigenvalue weighted by Crippen LogP contribution is -2.47. The Hall–Kier alpha value is -2.95. The molecule has 1 saturated heterocycles. The third kappa shape index (κ3) is 5.25. The maximum absolute atomic E-state index is 14.6. The summed E-state index contributed by atoms with van der Waals surface area (Å²) in [4.78, 5) is 15.9. The molecule has 7 nitrogen and oxygen atoms in total. The van der Waals surface area contributed by atoms with Gasteiger partial charge in [0.05, 0.1) is 21.3 Å². The predicted molar refractivity (Wildman–Crippen MR) is 135 cm³/mol. The van der Waals surface area contributed by atoms with Crippen LogP contribution in [0.2, 0.25) is 4.34 Å². The lowest BCUT2D eigenvalue weighted by Gasteiger charge is -2.34. The molecule has 1 N–H and O–H groups in total. The van der Waals surface area contributed by atoms with E-state index in [9.17, 15) is 13.6 Å². The molecule has 0 radical (unpaired) electrons. The third-order valence-corrected chi connectivity index (χ3v) is 7.62. The van der Waals surface area contributed by atoms with Crippen molar-refractivity contribution in [2.45, 2.75) is 45.3 Å². The van der Waals surface area contributed by atoms with Crippen molar-refractivity contribution < 1.29 is 22.8 Å². The molecule has 4 aromatic rings. The van der Waals surface area contributed by atoms with E-state index in [1.165, 1.54) is 28.0 Å². The Kier molecular flexibility index (Phi) is 7.00. The Balaban J connectivity index is 1.37. The van der Waals surface area contributed by atoms with E-state index in [4.69, 9.17) is 20.9 Å². The van der Waals surface area contributed by atoms with Crippen molar-refractivity contribution >= 4 is 39.9 Å². The Bertz CT molecular complexity index is 1390. The zero-order chi connectivity index (χ0) is 25.4. The zero-order valence-corrected chi connectivity index (χ0v) is 21.3. The van der Waals surface area contributed by atoms with Gasteiger partial charge in [-0.3, -0.25) is 0 Å². The van der Waals surface area contributed by atoms with E-state index in [0.29, 0.717) is 21.8 Å². The molecule has 36 heavy (non-hydrogen) atoms. The molecule has 1 aromatic carbocycles. The standard InChI is InChI=1S/C25H25ClF2N4O3S/c1-14(2)31-7-5-16(6-8-31)29-25(33)34-24-12-18-19(28)9-15(27)10-20(18)32(24)13-17-11-21(35-30-17)22-3-4-23(26)36-22/h3-4,9-12,14,16H,5-8,13H2,1-2H3,(H,29,33). The summed E-state index contributed by atoms with van der Waals surface area (Å²) in [6, 6.07) is 9.12. The summed E-state index contributed by atoms with van der Waals surface area (Å²) < 4.78 is 41.8. The second-order valence-electron chi connectivity index (χ2n) is 9.11. The fourth-order valence-corrected chi connectivity index (χ4v) is 5.46. The summed E-state index contributed by atoms with van der Waals surface area (Å²) >= 11 is 7.35. The normalized spacial score (nSPS) is 15.2. The molecule has 0 bridgehead atoms. The van der Waals surface area contributed by atoms with Crippen molar-refractivity contribution in [3.63, 3.8) is 0 Å². The second-order valence-corrected chi connectivity index (χ2v) is 10.8. The predicted octanol–water partition coefficient (Wildman–Crippen LogP) is 6.30. The van der Waals surface area contributed by atoms with Gasteiger partial charge in [-0.15, -0.1) is 11.3 Å². The Labute approximate surface area is 215 Å². The van der Waals surface area contributed by atoms with Crippen molar-refractivity contribution in [3.8, 4) is 16.5 Å². The van der Waals surface area contributed by atoms with Crippen LogP contribution in [0.3, 0.4) is 0 Å². The van der Waals surface area contributed by atoms with E-state index in [1.807, 2.05) is 6.07 Å². The molecule has 3 aromatic heterocycles. The van der Waals surface area contributed by atoms with Crippen molar-refractivity contribution in [2.24, 2.45) is 0 Å². The fourth-order valence-electron chi connectivity index (χ4n) is 4.47. The van der Waals surface area contributed by atoms with Gasteiger partial charge < -0.3 is 24.0 Å². The number of carbonyl (C=O) groups excluding carboxylic acids is 1. The Morgan fingerprint density at radius 2 is 2.03 bits per heavy atom. The first-order valence-corrected chi connectivity index (χ1v) is 12.9. The van der Waals surface area contributed by atoms with E-state index in [1.54, 1.807) is 12.1 Å². The van der Waals surface area contributed by atoms with Crippen LogP contribution in [-0.4, -0.2) is 45.9 Å². The van der Waals surface area contributed by atoms with Gasteiger partial charge in [0.25, 0.3) is 0 Å². The summed E-state index contributed by atoms with van der Waals surface area (Å²) in [6.45, 7) is 6.14. The van der Waals surface area contributed by atoms with Crippen LogP contribution in [0.15, 0.2) is 40.9 Å². The van der Waals surface area contributed by atoms with Crippen LogP contribution in [0, 0.1) is 11.6 Å². The minimum atomic E-state index is -0.746. The van der Waals surface area contributed by atoms with Crippen LogP contribution >= 0.6 is 22.9 Å². The highest BCUT2D eigenvalue weighted by molar-refractivity contribution is 7.19. The number of nitrogens with zero attached hydrogens (tertiary/aromatic N) is 3. The first kappa shape index (κ1) is 24.7. The highest BCUT2D eigenvalue weighted by Crippen LogP contribution is 2.33. The number of hydrogen-bond donors (Lipinski definition) is 1. The number of ether oxygens (including phenoxy) is 1. The molecule has 190 valence electrons. The number of rotatable bonds is 6. The number of hydrogen-bond acceptors (Lipinski definition) is 6. The number of benzene rings is 1. The zero-order valence-electron chi connectivity index (χ0n) is 19.8. The third-order valence-electron chi connectivity index (χ3n) is 6.37. The number of likely N-dealkylation sites (tertiary alicyclic amines) is 1. The summed E-state index contributed by atoms with van der Waals surface area (Å²) in [5.74, 6) is -0.885. The second kappa shape index (κ2) is 10.2. The summed E-state index contributed by atoms with van der Waals surface area (Å²) in [5, 5.41) is 7.12. The van der Waals surface area contributed by atoms with Crippen molar-refractivity contribution in [3.05, 3.63) is 58.1 Å². The maximum atomic E-state index is 14.6. The molecule has 5 rings (SSSR count). The van der Waals surface area contributed by atoms with Crippen LogP contribution in [0.25, 0.3) is 21.5 Å². The molecule has 1 aliphatic rings. The quantitative estimate of drug-likeness (QED) is 0.314. The highest BCUT2D eigenvalue weighted by atomic mass is 35.5. The lowest BCUT2D eigenvalue weighted by molar-refractivity contribution is 0.151. The topological polar surface area (TPSA) is 72.5 Å². The van der Waals surface area contributed by atoms with Crippen LogP contribution in [0.4, 0.5) is 13.6 Å². The molecule has 4 heterocycles. The van der Waals surface area contributed by atoms with E-state index < -0.39 is 17.7 Å². The van der Waals surface area contributed by atoms with Crippen molar-refractivity contribution in [1.29, 1.82) is 0 Å². The lowest BCUT2D eigenvalue weighted by atomic mass is 10.0. The van der Waals surface area contributed by atoms with Crippen LogP contribution < -0.4 is 10.1 Å². The van der Waals surface area contributed by atoms with Crippen LogP contribution in [0.1, 0.15) is 32.4 Å². The molecule has 0 saturated carbocycles. The molecule has 1 fully saturated rings. The van der Waals surface area contributed by atoms with Gasteiger partial charge in [-0.1, -0.05) is 16.8 Å². The van der Waals surface area contributed by atoms with Gasteiger partial charge in [0.1, 0.15) is 17.3 Å². The Morgan fingerprint density at radius 3 is 2.72 bits per heavy atom. The molecule has 1 aliphatic heterocycles. The number of aromatic nitrogens is 2. The van der Waals surface area contributed by atoms with Gasteiger partial charge in [-0.05, 0) is 44.9 Å². The Morgan fingerprint density at radius 1 is 1.25 bits per heavy atom. The molecule has 0 aliphatic carbocycles. The summed E-state index contributed by atoms with van der Waals surface area (Å²) in [6.07, 6.45) is 0.978. The largest absolute Gasteiger partial charge is 0.414 e. The molecular weight excluding hydrogens is 510 g/mol. The number of carbonyl (C=O) groups is 1. The SMILES string of the molecule is CC(C)N1CCC(NC(=O)Oc2cc3c(F)cc(F)cc3n2Cc2cc(-c3ccc(Cl)s3)on2)CC1. The van der Waals surface area contributed by atoms with Gasteiger partial charge in [0.15, 0.2) is 5.76 Å². The van der Waals surface area contributed by atoms with Gasteiger partial charge >= 0.3 is 6.09 Å². The summed E-state index contributed by atoms with van der Waals surface area (Å²) in [7, 11) is 0. The van der Waals surface area contributed by atoms with Gasteiger partial charge in [-0.2, -0.15) is 0 Å². The first-order chi connectivity index (χ1) is 17.3. The first-order valence-electron chi connectivity index (χ1n) is 11.7. The fraction of sp³-hybridized carbons (Fsp3) is 0.360. The van der Waals surface area contributed by atoms with E-state index in [0.717, 1.165) is 36.9 Å². The highest BCUT2D eigenvalue weighted by Gasteiger charge is 2.24. The molecule has 0 unspecified atom stereocenters. The van der Waals surface area contributed by atoms with E-state index in [2.05, 4.69) is 29.2 Å². The van der Waals surface area contributed by atoms with Crippen LogP contribution in [-0.2, 0) is 6.54 Å².